The first-order chi connectivity index (χ1) is 13.7. The number of rotatable bonds is 3. The zero-order valence-corrected chi connectivity index (χ0v) is 16.1. The maximum atomic E-state index is 13.8. The zero-order chi connectivity index (χ0) is 20.8. The van der Waals surface area contributed by atoms with Gasteiger partial charge in [-0.05, 0) is 24.3 Å². The average Bonchev–Trinajstić information content (AvgIpc) is 3.27. The second-order valence-corrected chi connectivity index (χ2v) is 7.70. The highest BCUT2D eigenvalue weighted by molar-refractivity contribution is 7.14. The Morgan fingerprint density at radius 2 is 1.83 bits per heavy atom. The van der Waals surface area contributed by atoms with Crippen molar-refractivity contribution in [2.45, 2.75) is 18.3 Å². The van der Waals surface area contributed by atoms with Gasteiger partial charge in [0.2, 0.25) is 5.13 Å². The molecule has 1 aliphatic rings. The summed E-state index contributed by atoms with van der Waals surface area (Å²) >= 11 is 6.79. The van der Waals surface area contributed by atoms with Crippen molar-refractivity contribution in [1.29, 1.82) is 0 Å². The monoisotopic (exact) mass is 439 g/mol. The third-order valence-electron chi connectivity index (χ3n) is 4.43. The largest absolute Gasteiger partial charge is 0.508 e. The number of phenols is 1. The molecule has 2 aromatic carbocycles. The lowest BCUT2D eigenvalue weighted by Crippen LogP contribution is -2.55. The Balaban J connectivity index is 1.75. The highest BCUT2D eigenvalue weighted by Crippen LogP contribution is 2.45. The van der Waals surface area contributed by atoms with Gasteiger partial charge in [-0.15, -0.1) is 11.3 Å². The number of hydrogen-bond donors (Lipinski definition) is 2. The van der Waals surface area contributed by atoms with Crippen LogP contribution in [0.25, 0.3) is 11.3 Å². The Morgan fingerprint density at radius 1 is 1.10 bits per heavy atom. The van der Waals surface area contributed by atoms with E-state index in [2.05, 4.69) is 10.1 Å². The number of alkyl halides is 3. The second-order valence-electron chi connectivity index (χ2n) is 6.42. The molecule has 0 amide bonds. The molecule has 2 N–H and O–H groups in total. The summed E-state index contributed by atoms with van der Waals surface area (Å²) < 4.78 is 41.3. The summed E-state index contributed by atoms with van der Waals surface area (Å²) in [5, 5.41) is 26.7. The molecule has 0 saturated carbocycles. The van der Waals surface area contributed by atoms with Gasteiger partial charge in [0.05, 0.1) is 17.8 Å². The lowest BCUT2D eigenvalue weighted by Gasteiger charge is -2.32. The molecule has 0 bridgehead atoms. The summed E-state index contributed by atoms with van der Waals surface area (Å²) in [6, 6.07) is 12.4. The van der Waals surface area contributed by atoms with Crippen LogP contribution < -0.4 is 5.01 Å². The molecular weight excluding hydrogens is 427 g/mol. The van der Waals surface area contributed by atoms with Gasteiger partial charge in [0.15, 0.2) is 0 Å². The van der Waals surface area contributed by atoms with Gasteiger partial charge >= 0.3 is 6.18 Å². The fraction of sp³-hybridized carbons (Fsp3) is 0.158. The highest BCUT2D eigenvalue weighted by atomic mass is 35.5. The molecule has 5 nitrogen and oxygen atoms in total. The maximum absolute atomic E-state index is 13.8. The van der Waals surface area contributed by atoms with Crippen molar-refractivity contribution in [3.63, 3.8) is 0 Å². The number of thiazole rings is 1. The van der Waals surface area contributed by atoms with Crippen LogP contribution in [0.2, 0.25) is 5.02 Å². The number of nitrogens with zero attached hydrogens (tertiary/aromatic N) is 3. The topological polar surface area (TPSA) is 69.0 Å². The van der Waals surface area contributed by atoms with Gasteiger partial charge in [-0.1, -0.05) is 35.9 Å². The fourth-order valence-corrected chi connectivity index (χ4v) is 3.90. The molecule has 0 saturated heterocycles. The SMILES string of the molecule is Oc1cccc(C2=NN(c3nc(-c4ccc(Cl)cc4)cs3)C(O)(C(F)(F)F)C2)c1. The van der Waals surface area contributed by atoms with Gasteiger partial charge < -0.3 is 10.2 Å². The van der Waals surface area contributed by atoms with E-state index in [0.717, 1.165) is 11.3 Å². The number of aromatic hydroxyl groups is 1. The van der Waals surface area contributed by atoms with E-state index in [1.807, 2.05) is 0 Å². The molecule has 150 valence electrons. The van der Waals surface area contributed by atoms with E-state index in [1.54, 1.807) is 29.6 Å². The number of hydrogen-bond acceptors (Lipinski definition) is 6. The lowest BCUT2D eigenvalue weighted by atomic mass is 10.0. The standard InChI is InChI=1S/C19H13ClF3N3O2S/c20-13-6-4-11(5-7-13)16-10-29-17(24-16)26-18(28,19(21,22)23)9-15(25-26)12-2-1-3-14(27)8-12/h1-8,10,27-28H,9H2. The van der Waals surface area contributed by atoms with Crippen molar-refractivity contribution in [3.8, 4) is 17.0 Å². The summed E-state index contributed by atoms with van der Waals surface area (Å²) in [6.45, 7) is 0. The average molecular weight is 440 g/mol. The van der Waals surface area contributed by atoms with Crippen molar-refractivity contribution in [2.24, 2.45) is 5.10 Å². The molecular formula is C19H13ClF3N3O2S. The predicted octanol–water partition coefficient (Wildman–Crippen LogP) is 5.03. The molecule has 1 aromatic heterocycles. The molecule has 29 heavy (non-hydrogen) atoms. The van der Waals surface area contributed by atoms with Crippen LogP contribution in [0.15, 0.2) is 59.0 Å². The minimum atomic E-state index is -4.98. The number of phenolic OH excluding ortho intramolecular Hbond substituents is 1. The van der Waals surface area contributed by atoms with E-state index >= 15 is 0 Å². The van der Waals surface area contributed by atoms with Gasteiger partial charge in [-0.2, -0.15) is 23.3 Å². The molecule has 2 heterocycles. The summed E-state index contributed by atoms with van der Waals surface area (Å²) in [7, 11) is 0. The van der Waals surface area contributed by atoms with Crippen molar-refractivity contribution in [3.05, 3.63) is 64.5 Å². The Labute approximate surface area is 172 Å². The number of anilines is 1. The Kier molecular flexibility index (Phi) is 4.76. The summed E-state index contributed by atoms with van der Waals surface area (Å²) in [6.07, 6.45) is -5.78. The van der Waals surface area contributed by atoms with Gasteiger partial charge in [0, 0.05) is 21.5 Å². The van der Waals surface area contributed by atoms with Crippen LogP contribution in [0.5, 0.6) is 5.75 Å². The van der Waals surface area contributed by atoms with Crippen LogP contribution in [0, 0.1) is 0 Å². The summed E-state index contributed by atoms with van der Waals surface area (Å²) in [5.41, 5.74) is -1.87. The Bertz CT molecular complexity index is 1080. The smallest absolute Gasteiger partial charge is 0.438 e. The van der Waals surface area contributed by atoms with E-state index < -0.39 is 18.3 Å². The summed E-state index contributed by atoms with van der Waals surface area (Å²) in [4.78, 5) is 4.23. The van der Waals surface area contributed by atoms with Crippen LogP contribution >= 0.6 is 22.9 Å². The van der Waals surface area contributed by atoms with Gasteiger partial charge in [0.25, 0.3) is 5.72 Å². The van der Waals surface area contributed by atoms with Gasteiger partial charge in [0.1, 0.15) is 5.75 Å². The highest BCUT2D eigenvalue weighted by Gasteiger charge is 2.62. The predicted molar refractivity (Wildman–Crippen MR) is 105 cm³/mol. The normalized spacial score (nSPS) is 19.5. The molecule has 3 aromatic rings. The van der Waals surface area contributed by atoms with Gasteiger partial charge in [-0.3, -0.25) is 0 Å². The summed E-state index contributed by atoms with van der Waals surface area (Å²) in [5.74, 6) is -0.113. The molecule has 4 rings (SSSR count). The van der Waals surface area contributed by atoms with E-state index in [0.29, 0.717) is 21.3 Å². The number of halogens is 4. The Morgan fingerprint density at radius 3 is 2.48 bits per heavy atom. The van der Waals surface area contributed by atoms with Crippen molar-refractivity contribution in [1.82, 2.24) is 4.98 Å². The first kappa shape index (κ1) is 19.7. The number of aliphatic hydroxyl groups is 1. The number of aromatic nitrogens is 1. The number of benzene rings is 2. The quantitative estimate of drug-likeness (QED) is 0.600. The van der Waals surface area contributed by atoms with Crippen molar-refractivity contribution >= 4 is 33.8 Å². The molecule has 1 unspecified atom stereocenters. The van der Waals surface area contributed by atoms with E-state index in [-0.39, 0.29) is 22.2 Å². The lowest BCUT2D eigenvalue weighted by molar-refractivity contribution is -0.254. The van der Waals surface area contributed by atoms with Crippen LogP contribution in [0.4, 0.5) is 18.3 Å². The van der Waals surface area contributed by atoms with E-state index in [9.17, 15) is 23.4 Å². The molecule has 0 spiro atoms. The van der Waals surface area contributed by atoms with E-state index in [4.69, 9.17) is 11.6 Å². The first-order valence-corrected chi connectivity index (χ1v) is 9.61. The van der Waals surface area contributed by atoms with Crippen LogP contribution in [-0.4, -0.2) is 32.8 Å². The second kappa shape index (κ2) is 7.01. The van der Waals surface area contributed by atoms with Crippen molar-refractivity contribution in [2.75, 3.05) is 5.01 Å². The van der Waals surface area contributed by atoms with Crippen molar-refractivity contribution < 1.29 is 23.4 Å². The molecule has 1 atom stereocenters. The molecule has 0 radical (unpaired) electrons. The minimum absolute atomic E-state index is 0.0102. The zero-order valence-electron chi connectivity index (χ0n) is 14.6. The van der Waals surface area contributed by atoms with E-state index in [1.165, 1.54) is 24.3 Å². The molecule has 0 aliphatic carbocycles. The Hall–Kier alpha value is -2.62. The maximum Gasteiger partial charge on any atom is 0.438 e. The molecule has 1 aliphatic heterocycles. The third kappa shape index (κ3) is 3.57. The van der Waals surface area contributed by atoms with Crippen LogP contribution in [0.3, 0.4) is 0 Å². The first-order valence-electron chi connectivity index (χ1n) is 8.35. The van der Waals surface area contributed by atoms with Gasteiger partial charge in [-0.25, -0.2) is 4.98 Å². The third-order valence-corrected chi connectivity index (χ3v) is 5.50. The fourth-order valence-electron chi connectivity index (χ4n) is 2.93. The minimum Gasteiger partial charge on any atom is -0.508 e. The van der Waals surface area contributed by atoms with Crippen LogP contribution in [0.1, 0.15) is 12.0 Å². The number of hydrazone groups is 1. The molecule has 10 heteroatoms. The van der Waals surface area contributed by atoms with Crippen LogP contribution in [-0.2, 0) is 0 Å². The molecule has 0 fully saturated rings.